The van der Waals surface area contributed by atoms with Crippen molar-refractivity contribution in [3.05, 3.63) is 57.6 Å². The smallest absolute Gasteiger partial charge is 0.0682 e. The van der Waals surface area contributed by atoms with Gasteiger partial charge in [0.25, 0.3) is 0 Å². The van der Waals surface area contributed by atoms with E-state index < -0.39 is 0 Å². The zero-order valence-corrected chi connectivity index (χ0v) is 12.6. The second-order valence-electron chi connectivity index (χ2n) is 6.07. The molecule has 0 bridgehead atoms. The minimum absolute atomic E-state index is 0.129. The number of benzene rings is 2. The summed E-state index contributed by atoms with van der Waals surface area (Å²) >= 11 is 0. The van der Waals surface area contributed by atoms with Gasteiger partial charge < -0.3 is 5.11 Å². The average molecular weight is 266 g/mol. The van der Waals surface area contributed by atoms with Crippen LogP contribution in [0.25, 0.3) is 11.1 Å². The van der Waals surface area contributed by atoms with E-state index in [2.05, 4.69) is 45.0 Å². The van der Waals surface area contributed by atoms with Crippen LogP contribution in [-0.4, -0.2) is 5.11 Å². The van der Waals surface area contributed by atoms with E-state index in [0.29, 0.717) is 0 Å². The largest absolute Gasteiger partial charge is 0.392 e. The maximum absolute atomic E-state index is 9.52. The molecule has 2 aromatic rings. The van der Waals surface area contributed by atoms with E-state index in [-0.39, 0.29) is 6.61 Å². The van der Waals surface area contributed by atoms with E-state index in [1.807, 2.05) is 0 Å². The summed E-state index contributed by atoms with van der Waals surface area (Å²) in [6.07, 6.45) is 3.56. The molecule has 104 valence electrons. The number of hydrogen-bond acceptors (Lipinski definition) is 1. The molecule has 1 nitrogen and oxygen atoms in total. The number of aliphatic hydroxyl groups is 1. The molecule has 0 fully saturated rings. The zero-order chi connectivity index (χ0) is 14.3. The highest BCUT2D eigenvalue weighted by Crippen LogP contribution is 2.37. The highest BCUT2D eigenvalue weighted by atomic mass is 16.3. The molecule has 0 saturated carbocycles. The van der Waals surface area contributed by atoms with E-state index in [4.69, 9.17) is 0 Å². The lowest BCUT2D eigenvalue weighted by molar-refractivity contribution is 0.282. The first kappa shape index (κ1) is 13.4. The van der Waals surface area contributed by atoms with Crippen molar-refractivity contribution in [1.29, 1.82) is 0 Å². The van der Waals surface area contributed by atoms with Crippen molar-refractivity contribution in [3.8, 4) is 11.1 Å². The zero-order valence-electron chi connectivity index (χ0n) is 12.6. The molecule has 0 radical (unpaired) electrons. The van der Waals surface area contributed by atoms with Crippen LogP contribution in [0.15, 0.2) is 24.3 Å². The second kappa shape index (κ2) is 5.06. The van der Waals surface area contributed by atoms with Crippen LogP contribution < -0.4 is 0 Å². The van der Waals surface area contributed by atoms with Crippen LogP contribution in [0.1, 0.15) is 39.8 Å². The quantitative estimate of drug-likeness (QED) is 0.861. The monoisotopic (exact) mass is 266 g/mol. The lowest BCUT2D eigenvalue weighted by Gasteiger charge is -2.17. The van der Waals surface area contributed by atoms with E-state index in [1.54, 1.807) is 0 Å². The maximum atomic E-state index is 9.52. The molecule has 2 aromatic carbocycles. The van der Waals surface area contributed by atoms with Crippen LogP contribution >= 0.6 is 0 Å². The van der Waals surface area contributed by atoms with Crippen molar-refractivity contribution in [1.82, 2.24) is 0 Å². The van der Waals surface area contributed by atoms with Crippen LogP contribution in [0.5, 0.6) is 0 Å². The second-order valence-corrected chi connectivity index (χ2v) is 6.07. The van der Waals surface area contributed by atoms with Crippen LogP contribution in [-0.2, 0) is 19.4 Å². The molecular weight excluding hydrogens is 244 g/mol. The molecule has 0 aromatic heterocycles. The number of rotatable bonds is 2. The van der Waals surface area contributed by atoms with Crippen molar-refractivity contribution < 1.29 is 5.11 Å². The Kier molecular flexibility index (Phi) is 3.39. The Morgan fingerprint density at radius 2 is 1.65 bits per heavy atom. The molecule has 0 atom stereocenters. The van der Waals surface area contributed by atoms with Crippen molar-refractivity contribution in [2.45, 2.75) is 46.6 Å². The van der Waals surface area contributed by atoms with Crippen LogP contribution in [0.2, 0.25) is 0 Å². The van der Waals surface area contributed by atoms with Gasteiger partial charge in [-0.1, -0.05) is 23.8 Å². The number of hydrogen-bond donors (Lipinski definition) is 1. The van der Waals surface area contributed by atoms with Crippen LogP contribution in [0.4, 0.5) is 0 Å². The molecule has 1 aliphatic carbocycles. The van der Waals surface area contributed by atoms with E-state index >= 15 is 0 Å². The minimum atomic E-state index is 0.129. The van der Waals surface area contributed by atoms with E-state index in [1.165, 1.54) is 51.8 Å². The van der Waals surface area contributed by atoms with Crippen LogP contribution in [0.3, 0.4) is 0 Å². The molecule has 0 saturated heterocycles. The fraction of sp³-hybridized carbons (Fsp3) is 0.368. The Balaban J connectivity index is 2.27. The number of fused-ring (bicyclic) bond motifs is 1. The molecular formula is C19H22O. The molecule has 0 aliphatic heterocycles. The summed E-state index contributed by atoms with van der Waals surface area (Å²) in [5, 5.41) is 9.52. The first-order valence-corrected chi connectivity index (χ1v) is 7.44. The van der Waals surface area contributed by atoms with Crippen molar-refractivity contribution in [2.75, 3.05) is 0 Å². The fourth-order valence-corrected chi connectivity index (χ4v) is 3.69. The third-order valence-electron chi connectivity index (χ3n) is 4.40. The summed E-state index contributed by atoms with van der Waals surface area (Å²) in [5.74, 6) is 0. The molecule has 0 unspecified atom stereocenters. The summed E-state index contributed by atoms with van der Waals surface area (Å²) in [5.41, 5.74) is 10.7. The third-order valence-corrected chi connectivity index (χ3v) is 4.40. The van der Waals surface area contributed by atoms with Gasteiger partial charge >= 0.3 is 0 Å². The summed E-state index contributed by atoms with van der Waals surface area (Å²) in [7, 11) is 0. The normalized spacial score (nSPS) is 13.6. The van der Waals surface area contributed by atoms with Gasteiger partial charge in [-0.3, -0.25) is 0 Å². The predicted octanol–water partition coefficient (Wildman–Crippen LogP) is 4.26. The Bertz CT molecular complexity index is 645. The summed E-state index contributed by atoms with van der Waals surface area (Å²) in [4.78, 5) is 0. The highest BCUT2D eigenvalue weighted by molar-refractivity contribution is 5.76. The van der Waals surface area contributed by atoms with Gasteiger partial charge in [0.05, 0.1) is 6.61 Å². The average Bonchev–Trinajstić information content (AvgIpc) is 2.85. The van der Waals surface area contributed by atoms with Gasteiger partial charge in [-0.2, -0.15) is 0 Å². The molecule has 1 N–H and O–H groups in total. The molecule has 3 rings (SSSR count). The minimum Gasteiger partial charge on any atom is -0.392 e. The SMILES string of the molecule is Cc1cc(C)c(-c2cc(CO)cc3c2CCC3)c(C)c1. The van der Waals surface area contributed by atoms with E-state index in [0.717, 1.165) is 12.0 Å². The Morgan fingerprint density at radius 1 is 0.950 bits per heavy atom. The Labute approximate surface area is 121 Å². The highest BCUT2D eigenvalue weighted by Gasteiger charge is 2.19. The lowest BCUT2D eigenvalue weighted by Crippen LogP contribution is -1.97. The van der Waals surface area contributed by atoms with Gasteiger partial charge in [-0.25, -0.2) is 0 Å². The Hall–Kier alpha value is -1.60. The summed E-state index contributed by atoms with van der Waals surface area (Å²) < 4.78 is 0. The summed E-state index contributed by atoms with van der Waals surface area (Å²) in [6, 6.07) is 8.89. The topological polar surface area (TPSA) is 20.2 Å². The van der Waals surface area contributed by atoms with Crippen LogP contribution in [0, 0.1) is 20.8 Å². The first-order chi connectivity index (χ1) is 9.60. The first-order valence-electron chi connectivity index (χ1n) is 7.44. The van der Waals surface area contributed by atoms with Gasteiger partial charge in [0.2, 0.25) is 0 Å². The van der Waals surface area contributed by atoms with Gasteiger partial charge in [0, 0.05) is 0 Å². The van der Waals surface area contributed by atoms with Crippen molar-refractivity contribution in [2.24, 2.45) is 0 Å². The Morgan fingerprint density at radius 3 is 2.30 bits per heavy atom. The third kappa shape index (κ3) is 2.16. The van der Waals surface area contributed by atoms with Gasteiger partial charge in [0.15, 0.2) is 0 Å². The van der Waals surface area contributed by atoms with Gasteiger partial charge in [-0.05, 0) is 85.0 Å². The molecule has 0 spiro atoms. The summed E-state index contributed by atoms with van der Waals surface area (Å²) in [6.45, 7) is 6.67. The molecule has 0 heterocycles. The van der Waals surface area contributed by atoms with Gasteiger partial charge in [-0.15, -0.1) is 0 Å². The number of aryl methyl sites for hydroxylation is 4. The fourth-order valence-electron chi connectivity index (χ4n) is 3.69. The molecule has 1 heteroatoms. The lowest BCUT2D eigenvalue weighted by atomic mass is 9.88. The molecule has 1 aliphatic rings. The van der Waals surface area contributed by atoms with Crippen molar-refractivity contribution in [3.63, 3.8) is 0 Å². The van der Waals surface area contributed by atoms with Crippen molar-refractivity contribution >= 4 is 0 Å². The number of aliphatic hydroxyl groups excluding tert-OH is 1. The van der Waals surface area contributed by atoms with Gasteiger partial charge in [0.1, 0.15) is 0 Å². The predicted molar refractivity (Wildman–Crippen MR) is 84.0 cm³/mol. The molecule has 20 heavy (non-hydrogen) atoms. The van der Waals surface area contributed by atoms with E-state index in [9.17, 15) is 5.11 Å². The molecule has 0 amide bonds. The standard InChI is InChI=1S/C19H22O/c1-12-7-13(2)19(14(3)8-12)18-10-15(11-20)9-16-5-4-6-17(16)18/h7-10,20H,4-6,11H2,1-3H3. The maximum Gasteiger partial charge on any atom is 0.0682 e.